The average Bonchev–Trinajstić information content (AvgIpc) is 2.21. The standard InChI is InChI=1S/C6H4Cl2O3/c7-3-1-2(4(3)8)6(10)11-5(1)9/h1-4H. The maximum absolute atomic E-state index is 10.8. The fourth-order valence-electron chi connectivity index (χ4n) is 1.44. The van der Waals surface area contributed by atoms with Gasteiger partial charge in [-0.25, -0.2) is 0 Å². The highest BCUT2D eigenvalue weighted by atomic mass is 35.5. The van der Waals surface area contributed by atoms with Gasteiger partial charge in [-0.2, -0.15) is 0 Å². The maximum Gasteiger partial charge on any atom is 0.319 e. The van der Waals surface area contributed by atoms with Gasteiger partial charge in [-0.1, -0.05) is 0 Å². The van der Waals surface area contributed by atoms with Crippen LogP contribution in [0.4, 0.5) is 0 Å². The molecule has 2 aliphatic rings. The molecule has 0 N–H and O–H groups in total. The van der Waals surface area contributed by atoms with Gasteiger partial charge in [-0.05, 0) is 0 Å². The van der Waals surface area contributed by atoms with Crippen molar-refractivity contribution in [2.45, 2.75) is 10.8 Å². The van der Waals surface area contributed by atoms with Crippen molar-refractivity contribution in [2.24, 2.45) is 11.8 Å². The molecule has 0 aromatic carbocycles. The third kappa shape index (κ3) is 0.754. The van der Waals surface area contributed by atoms with E-state index in [0.29, 0.717) is 0 Å². The molecular weight excluding hydrogens is 191 g/mol. The third-order valence-corrected chi connectivity index (χ3v) is 3.34. The van der Waals surface area contributed by atoms with Crippen LogP contribution >= 0.6 is 23.2 Å². The Kier molecular flexibility index (Phi) is 1.41. The van der Waals surface area contributed by atoms with Gasteiger partial charge >= 0.3 is 11.9 Å². The minimum atomic E-state index is -0.531. The van der Waals surface area contributed by atoms with Gasteiger partial charge in [0.15, 0.2) is 0 Å². The molecular formula is C6H4Cl2O3. The van der Waals surface area contributed by atoms with Crippen molar-refractivity contribution in [1.82, 2.24) is 0 Å². The molecule has 0 amide bonds. The Bertz CT molecular complexity index is 216. The van der Waals surface area contributed by atoms with Gasteiger partial charge in [0, 0.05) is 0 Å². The molecule has 11 heavy (non-hydrogen) atoms. The predicted molar refractivity (Wildman–Crippen MR) is 37.4 cm³/mol. The van der Waals surface area contributed by atoms with E-state index in [2.05, 4.69) is 4.74 Å². The molecule has 0 radical (unpaired) electrons. The summed E-state index contributed by atoms with van der Waals surface area (Å²) >= 11 is 11.4. The molecule has 2 fully saturated rings. The Labute approximate surface area is 72.6 Å². The molecule has 1 saturated carbocycles. The number of carbonyl (C=O) groups excluding carboxylic acids is 2. The summed E-state index contributed by atoms with van der Waals surface area (Å²) in [7, 11) is 0. The zero-order chi connectivity index (χ0) is 8.17. The lowest BCUT2D eigenvalue weighted by Gasteiger charge is -2.35. The van der Waals surface area contributed by atoms with E-state index < -0.39 is 34.5 Å². The minimum absolute atomic E-state index is 0.444. The Morgan fingerprint density at radius 1 is 1.00 bits per heavy atom. The van der Waals surface area contributed by atoms with Gasteiger partial charge in [-0.15, -0.1) is 23.2 Å². The van der Waals surface area contributed by atoms with Crippen LogP contribution in [0.5, 0.6) is 0 Å². The van der Waals surface area contributed by atoms with E-state index in [1.54, 1.807) is 0 Å². The molecule has 60 valence electrons. The van der Waals surface area contributed by atoms with Crippen molar-refractivity contribution in [3.05, 3.63) is 0 Å². The molecule has 3 nitrogen and oxygen atoms in total. The lowest BCUT2D eigenvalue weighted by molar-refractivity contribution is -0.153. The van der Waals surface area contributed by atoms with Gasteiger partial charge in [0.1, 0.15) is 0 Å². The largest absolute Gasteiger partial charge is 0.393 e. The van der Waals surface area contributed by atoms with E-state index in [-0.39, 0.29) is 0 Å². The number of cyclic esters (lactones) is 2. The van der Waals surface area contributed by atoms with E-state index in [4.69, 9.17) is 23.2 Å². The van der Waals surface area contributed by atoms with Gasteiger partial charge < -0.3 is 4.74 Å². The van der Waals surface area contributed by atoms with Gasteiger partial charge in [0.2, 0.25) is 0 Å². The van der Waals surface area contributed by atoms with E-state index in [9.17, 15) is 9.59 Å². The number of ether oxygens (including phenoxy) is 1. The van der Waals surface area contributed by atoms with Crippen LogP contribution in [-0.2, 0) is 14.3 Å². The summed E-state index contributed by atoms with van der Waals surface area (Å²) in [5, 5.41) is -0.888. The monoisotopic (exact) mass is 194 g/mol. The van der Waals surface area contributed by atoms with E-state index in [1.165, 1.54) is 0 Å². The summed E-state index contributed by atoms with van der Waals surface area (Å²) in [4.78, 5) is 21.6. The Morgan fingerprint density at radius 3 is 1.73 bits per heavy atom. The summed E-state index contributed by atoms with van der Waals surface area (Å²) in [5.74, 6) is -2.05. The summed E-state index contributed by atoms with van der Waals surface area (Å²) in [6.45, 7) is 0. The number of carbonyl (C=O) groups is 2. The molecule has 0 bridgehead atoms. The molecule has 0 spiro atoms. The van der Waals surface area contributed by atoms with Crippen LogP contribution in [0.15, 0.2) is 0 Å². The van der Waals surface area contributed by atoms with Crippen LogP contribution in [0.3, 0.4) is 0 Å². The van der Waals surface area contributed by atoms with Crippen LogP contribution in [0, 0.1) is 11.8 Å². The van der Waals surface area contributed by atoms with Gasteiger partial charge in [0.05, 0.1) is 22.6 Å². The van der Waals surface area contributed by atoms with Crippen molar-refractivity contribution < 1.29 is 14.3 Å². The molecule has 2 rings (SSSR count). The molecule has 0 aromatic rings. The van der Waals surface area contributed by atoms with E-state index >= 15 is 0 Å². The number of rotatable bonds is 0. The summed E-state index contributed by atoms with van der Waals surface area (Å²) in [5.41, 5.74) is 0. The second-order valence-corrected chi connectivity index (χ2v) is 3.69. The minimum Gasteiger partial charge on any atom is -0.393 e. The highest BCUT2D eigenvalue weighted by Gasteiger charge is 2.62. The van der Waals surface area contributed by atoms with Crippen LogP contribution in [0.1, 0.15) is 0 Å². The number of halogens is 2. The zero-order valence-corrected chi connectivity index (χ0v) is 6.80. The lowest BCUT2D eigenvalue weighted by Crippen LogP contribution is -2.51. The third-order valence-electron chi connectivity index (χ3n) is 2.12. The molecule has 1 saturated heterocycles. The number of fused-ring (bicyclic) bond motifs is 1. The normalized spacial score (nSPS) is 48.2. The molecule has 1 heterocycles. The SMILES string of the molecule is O=C1OC(=O)C2C(Cl)C(Cl)C12. The first-order valence-corrected chi connectivity index (χ1v) is 4.04. The molecule has 4 atom stereocenters. The van der Waals surface area contributed by atoms with Crippen molar-refractivity contribution in [1.29, 1.82) is 0 Å². The number of esters is 2. The second kappa shape index (κ2) is 2.11. The van der Waals surface area contributed by atoms with Crippen molar-refractivity contribution in [2.75, 3.05) is 0 Å². The quantitative estimate of drug-likeness (QED) is 0.321. The van der Waals surface area contributed by atoms with Crippen LogP contribution < -0.4 is 0 Å². The predicted octanol–water partition coefficient (Wildman–Crippen LogP) is 0.531. The summed E-state index contributed by atoms with van der Waals surface area (Å²) in [6, 6.07) is 0. The highest BCUT2D eigenvalue weighted by Crippen LogP contribution is 2.47. The number of alkyl halides is 2. The lowest BCUT2D eigenvalue weighted by atomic mass is 9.74. The molecule has 0 aromatic heterocycles. The van der Waals surface area contributed by atoms with Crippen LogP contribution in [0.2, 0.25) is 0 Å². The first-order valence-electron chi connectivity index (χ1n) is 3.16. The van der Waals surface area contributed by atoms with Gasteiger partial charge in [0.25, 0.3) is 0 Å². The smallest absolute Gasteiger partial charge is 0.319 e. The first-order chi connectivity index (χ1) is 5.13. The summed E-state index contributed by atoms with van der Waals surface area (Å²) < 4.78 is 4.34. The zero-order valence-electron chi connectivity index (χ0n) is 5.29. The molecule has 4 unspecified atom stereocenters. The van der Waals surface area contributed by atoms with Gasteiger partial charge in [-0.3, -0.25) is 9.59 Å². The summed E-state index contributed by atoms with van der Waals surface area (Å²) in [6.07, 6.45) is 0. The molecule has 5 heteroatoms. The topological polar surface area (TPSA) is 43.4 Å². The van der Waals surface area contributed by atoms with Crippen molar-refractivity contribution >= 4 is 35.1 Å². The number of hydrogen-bond acceptors (Lipinski definition) is 3. The van der Waals surface area contributed by atoms with Crippen LogP contribution in [-0.4, -0.2) is 22.7 Å². The average molecular weight is 195 g/mol. The maximum atomic E-state index is 10.8. The molecule has 1 aliphatic heterocycles. The molecule has 1 aliphatic carbocycles. The highest BCUT2D eigenvalue weighted by molar-refractivity contribution is 6.35. The van der Waals surface area contributed by atoms with Crippen LogP contribution in [0.25, 0.3) is 0 Å². The van der Waals surface area contributed by atoms with Crippen molar-refractivity contribution in [3.8, 4) is 0 Å². The Hall–Kier alpha value is -0.280. The van der Waals surface area contributed by atoms with E-state index in [0.717, 1.165) is 0 Å². The van der Waals surface area contributed by atoms with Crippen molar-refractivity contribution in [3.63, 3.8) is 0 Å². The second-order valence-electron chi connectivity index (χ2n) is 2.68. The first kappa shape index (κ1) is 7.37. The fraction of sp³-hybridized carbons (Fsp3) is 0.667. The Balaban J connectivity index is 2.26. The fourth-order valence-corrected chi connectivity index (χ4v) is 2.27. The number of hydrogen-bond donors (Lipinski definition) is 0. The Morgan fingerprint density at radius 2 is 1.36 bits per heavy atom. The van der Waals surface area contributed by atoms with E-state index in [1.807, 2.05) is 0 Å².